The first-order valence-corrected chi connectivity index (χ1v) is 13.4. The highest BCUT2D eigenvalue weighted by molar-refractivity contribution is 6.04. The summed E-state index contributed by atoms with van der Waals surface area (Å²) in [5.41, 5.74) is -1.61. The second-order valence-corrected chi connectivity index (χ2v) is 10.9. The summed E-state index contributed by atoms with van der Waals surface area (Å²) in [7, 11) is 0. The van der Waals surface area contributed by atoms with E-state index >= 15 is 0 Å². The topological polar surface area (TPSA) is 90.4 Å². The lowest BCUT2D eigenvalue weighted by molar-refractivity contribution is -0.153. The average Bonchev–Trinajstić information content (AvgIpc) is 3.17. The fraction of sp³-hybridized carbons (Fsp3) is 0.552. The average molecular weight is 508 g/mol. The Hall–Kier alpha value is -2.97. The van der Waals surface area contributed by atoms with Crippen LogP contribution in [-0.2, 0) is 19.1 Å². The van der Waals surface area contributed by atoms with E-state index in [0.29, 0.717) is 19.6 Å². The van der Waals surface area contributed by atoms with Gasteiger partial charge in [-0.05, 0) is 32.4 Å². The summed E-state index contributed by atoms with van der Waals surface area (Å²) >= 11 is 0. The van der Waals surface area contributed by atoms with Gasteiger partial charge in [-0.3, -0.25) is 14.4 Å². The van der Waals surface area contributed by atoms with Crippen molar-refractivity contribution in [3.8, 4) is 0 Å². The number of carbonyl (C=O) groups excluding carboxylic acids is 3. The van der Waals surface area contributed by atoms with Gasteiger partial charge in [-0.15, -0.1) is 0 Å². The molecule has 8 nitrogen and oxygen atoms in total. The number of benzene rings is 1. The van der Waals surface area contributed by atoms with Crippen LogP contribution in [0.15, 0.2) is 54.6 Å². The molecule has 37 heavy (non-hydrogen) atoms. The molecule has 0 bridgehead atoms. The maximum atomic E-state index is 14.2. The van der Waals surface area contributed by atoms with Gasteiger partial charge in [-0.2, -0.15) is 0 Å². The van der Waals surface area contributed by atoms with Crippen molar-refractivity contribution in [1.82, 2.24) is 9.80 Å². The lowest BCUT2D eigenvalue weighted by atomic mass is 9.74. The van der Waals surface area contributed by atoms with E-state index in [0.717, 1.165) is 24.9 Å². The minimum Gasteiger partial charge on any atom is -0.394 e. The molecule has 3 amide bonds. The second kappa shape index (κ2) is 9.72. The molecule has 1 aromatic rings. The maximum absolute atomic E-state index is 14.2. The summed E-state index contributed by atoms with van der Waals surface area (Å²) in [6.07, 6.45) is 10.5. The van der Waals surface area contributed by atoms with Gasteiger partial charge in [-0.1, -0.05) is 62.3 Å². The Morgan fingerprint density at radius 1 is 1.00 bits per heavy atom. The number of hydrogen-bond acceptors (Lipinski definition) is 5. The van der Waals surface area contributed by atoms with Crippen molar-refractivity contribution in [2.45, 2.75) is 63.3 Å². The van der Waals surface area contributed by atoms with Crippen LogP contribution in [0.4, 0.5) is 5.69 Å². The van der Waals surface area contributed by atoms with Crippen LogP contribution in [-0.4, -0.2) is 82.2 Å². The zero-order valence-corrected chi connectivity index (χ0v) is 21.9. The highest BCUT2D eigenvalue weighted by Gasteiger charge is 2.75. The highest BCUT2D eigenvalue weighted by Crippen LogP contribution is 2.58. The number of hydrogen-bond donors (Lipinski definition) is 1. The number of fused-ring (bicyclic) bond motifs is 2. The molecule has 1 unspecified atom stereocenters. The molecule has 8 heteroatoms. The molecule has 2 saturated heterocycles. The van der Waals surface area contributed by atoms with E-state index in [1.807, 2.05) is 61.6 Å². The van der Waals surface area contributed by atoms with Gasteiger partial charge in [0.05, 0.1) is 30.1 Å². The molecular formula is C29H37N3O5. The number of ether oxygens (including phenoxy) is 1. The largest absolute Gasteiger partial charge is 0.394 e. The third kappa shape index (κ3) is 3.92. The zero-order valence-electron chi connectivity index (χ0n) is 21.9. The van der Waals surface area contributed by atoms with Crippen molar-refractivity contribution in [1.29, 1.82) is 0 Å². The minimum atomic E-state index is -1.30. The standard InChI is InChI=1S/C29H37N3O5/c1-4-5-9-16-30-17-11-15-29-23(26(35)32(20(2)19-33)24(29)27(30)36)22-25(34)31(21-12-7-6-8-13-21)18-10-14-28(22,3)37-29/h6-8,10-15,20,22-24,33H,4-5,9,16-19H2,1-3H3/t20-,22+,23+,24?,28-,29+/m1/s1. The molecule has 4 aliphatic rings. The SMILES string of the molecule is CCCCCN1CC=C[C@]23O[C@]4(C)C=CCN(c5ccccc5)C(=O)[C@@H]4[C@H]2C(=O)N([C@H](C)CO)C3C1=O. The van der Waals surface area contributed by atoms with Crippen molar-refractivity contribution in [3.05, 3.63) is 54.6 Å². The van der Waals surface area contributed by atoms with Gasteiger partial charge in [0.25, 0.3) is 0 Å². The van der Waals surface area contributed by atoms with Crippen LogP contribution >= 0.6 is 0 Å². The number of anilines is 1. The number of aliphatic hydroxyl groups is 1. The minimum absolute atomic E-state index is 0.186. The fourth-order valence-corrected chi connectivity index (χ4v) is 6.66. The number of unbranched alkanes of at least 4 members (excludes halogenated alkanes) is 2. The van der Waals surface area contributed by atoms with E-state index in [1.54, 1.807) is 16.7 Å². The van der Waals surface area contributed by atoms with Gasteiger partial charge in [-0.25, -0.2) is 0 Å². The van der Waals surface area contributed by atoms with Crippen molar-refractivity contribution >= 4 is 23.4 Å². The molecule has 6 atom stereocenters. The van der Waals surface area contributed by atoms with Crippen LogP contribution in [0.25, 0.3) is 0 Å². The Kier molecular flexibility index (Phi) is 6.75. The fourth-order valence-electron chi connectivity index (χ4n) is 6.66. The third-order valence-corrected chi connectivity index (χ3v) is 8.42. The summed E-state index contributed by atoms with van der Waals surface area (Å²) < 4.78 is 6.81. The number of nitrogens with zero attached hydrogens (tertiary/aromatic N) is 3. The van der Waals surface area contributed by atoms with Crippen LogP contribution in [0.2, 0.25) is 0 Å². The molecule has 0 aromatic heterocycles. The Morgan fingerprint density at radius 2 is 1.73 bits per heavy atom. The van der Waals surface area contributed by atoms with Crippen LogP contribution in [0, 0.1) is 11.8 Å². The van der Waals surface area contributed by atoms with Crippen LogP contribution in [0.3, 0.4) is 0 Å². The number of carbonyl (C=O) groups is 3. The second-order valence-electron chi connectivity index (χ2n) is 10.9. The molecule has 1 aromatic carbocycles. The lowest BCUT2D eigenvalue weighted by Crippen LogP contribution is -2.58. The van der Waals surface area contributed by atoms with Gasteiger partial charge in [0.2, 0.25) is 17.7 Å². The Bertz CT molecular complexity index is 1120. The molecule has 0 saturated carbocycles. The molecule has 1 N–H and O–H groups in total. The third-order valence-electron chi connectivity index (χ3n) is 8.42. The predicted octanol–water partition coefficient (Wildman–Crippen LogP) is 2.53. The van der Waals surface area contributed by atoms with E-state index in [1.165, 1.54) is 4.90 Å². The maximum Gasteiger partial charge on any atom is 0.249 e. The molecule has 4 aliphatic heterocycles. The molecule has 2 fully saturated rings. The molecule has 198 valence electrons. The van der Waals surface area contributed by atoms with E-state index in [-0.39, 0.29) is 24.3 Å². The summed E-state index contributed by atoms with van der Waals surface area (Å²) in [6, 6.07) is 7.87. The van der Waals surface area contributed by atoms with Crippen LogP contribution < -0.4 is 4.90 Å². The molecule has 0 aliphatic carbocycles. The van der Waals surface area contributed by atoms with Gasteiger partial charge in [0.15, 0.2) is 0 Å². The van der Waals surface area contributed by atoms with Gasteiger partial charge in [0, 0.05) is 25.3 Å². The number of para-hydroxylation sites is 1. The first-order chi connectivity index (χ1) is 17.8. The van der Waals surface area contributed by atoms with E-state index in [4.69, 9.17) is 4.74 Å². The van der Waals surface area contributed by atoms with E-state index in [9.17, 15) is 19.5 Å². The number of aliphatic hydroxyl groups excluding tert-OH is 1. The first-order valence-electron chi connectivity index (χ1n) is 13.4. The predicted molar refractivity (Wildman–Crippen MR) is 140 cm³/mol. The molecule has 5 rings (SSSR count). The number of amides is 3. The summed E-state index contributed by atoms with van der Waals surface area (Å²) in [5, 5.41) is 10.1. The zero-order chi connectivity index (χ0) is 26.4. The normalized spacial score (nSPS) is 33.8. The molecular weight excluding hydrogens is 470 g/mol. The van der Waals surface area contributed by atoms with E-state index in [2.05, 4.69) is 6.92 Å². The molecule has 1 spiro atoms. The summed E-state index contributed by atoms with van der Waals surface area (Å²) in [4.78, 5) is 47.5. The van der Waals surface area contributed by atoms with E-state index < -0.39 is 35.1 Å². The van der Waals surface area contributed by atoms with Crippen LogP contribution in [0.5, 0.6) is 0 Å². The highest BCUT2D eigenvalue weighted by atomic mass is 16.5. The smallest absolute Gasteiger partial charge is 0.249 e. The van der Waals surface area contributed by atoms with Gasteiger partial charge in [0.1, 0.15) is 11.6 Å². The van der Waals surface area contributed by atoms with Crippen molar-refractivity contribution in [3.63, 3.8) is 0 Å². The Balaban J connectivity index is 1.60. The van der Waals surface area contributed by atoms with Crippen LogP contribution in [0.1, 0.15) is 40.0 Å². The summed E-state index contributed by atoms with van der Waals surface area (Å²) in [6.45, 7) is 6.79. The van der Waals surface area contributed by atoms with Gasteiger partial charge >= 0.3 is 0 Å². The Labute approximate surface area is 218 Å². The van der Waals surface area contributed by atoms with Gasteiger partial charge < -0.3 is 24.5 Å². The molecule has 4 heterocycles. The Morgan fingerprint density at radius 3 is 2.43 bits per heavy atom. The van der Waals surface area contributed by atoms with Crippen molar-refractivity contribution in [2.75, 3.05) is 31.1 Å². The lowest BCUT2D eigenvalue weighted by Gasteiger charge is -2.39. The first kappa shape index (κ1) is 25.7. The molecule has 0 radical (unpaired) electrons. The van der Waals surface area contributed by atoms with Crippen molar-refractivity contribution < 1.29 is 24.2 Å². The number of rotatable bonds is 7. The monoisotopic (exact) mass is 507 g/mol. The summed E-state index contributed by atoms with van der Waals surface area (Å²) in [5.74, 6) is -2.40. The quantitative estimate of drug-likeness (QED) is 0.453. The van der Waals surface area contributed by atoms with Crippen molar-refractivity contribution in [2.24, 2.45) is 11.8 Å². The number of likely N-dealkylation sites (tertiary alicyclic amines) is 1.